The number of halogens is 1. The summed E-state index contributed by atoms with van der Waals surface area (Å²) in [6, 6.07) is 11.4. The summed E-state index contributed by atoms with van der Waals surface area (Å²) >= 11 is 3.47. The minimum Gasteiger partial charge on any atom is -0.312 e. The summed E-state index contributed by atoms with van der Waals surface area (Å²) in [4.78, 5) is 29.7. The first-order chi connectivity index (χ1) is 16.7. The highest BCUT2D eigenvalue weighted by molar-refractivity contribution is 9.10. The maximum absolute atomic E-state index is 13.8. The molecule has 2 aromatic rings. The van der Waals surface area contributed by atoms with Crippen LogP contribution in [0.25, 0.3) is 0 Å². The van der Waals surface area contributed by atoms with Crippen LogP contribution in [0.2, 0.25) is 0 Å². The lowest BCUT2D eigenvalue weighted by Crippen LogP contribution is -2.48. The van der Waals surface area contributed by atoms with Crippen LogP contribution in [0.4, 0.5) is 11.4 Å². The standard InChI is InChI=1S/C26H30BrN3O4S/c1-3-25(31)29-12-10-19-14-21(27)24(15-23(19)29)35(33,34)28-11-6-8-20(16-28)26(32)30-17(2)13-18-7-4-5-9-22(18)30/h4-5,7,9,14-15,17,20H,3,6,8,10-13,16H2,1-2H3/t17-,20+/m1/s1. The average molecular weight is 561 g/mol. The van der Waals surface area contributed by atoms with Crippen molar-refractivity contribution < 1.29 is 18.0 Å². The van der Waals surface area contributed by atoms with Crippen molar-refractivity contribution in [2.24, 2.45) is 5.92 Å². The van der Waals surface area contributed by atoms with Gasteiger partial charge >= 0.3 is 0 Å². The Morgan fingerprint density at radius 1 is 1.09 bits per heavy atom. The maximum Gasteiger partial charge on any atom is 0.244 e. The number of nitrogens with zero attached hydrogens (tertiary/aromatic N) is 3. The lowest BCUT2D eigenvalue weighted by molar-refractivity contribution is -0.123. The van der Waals surface area contributed by atoms with Gasteiger partial charge in [0.1, 0.15) is 0 Å². The fraction of sp³-hybridized carbons (Fsp3) is 0.462. The average Bonchev–Trinajstić information content (AvgIpc) is 3.42. The summed E-state index contributed by atoms with van der Waals surface area (Å²) in [5, 5.41) is 0. The monoisotopic (exact) mass is 559 g/mol. The van der Waals surface area contributed by atoms with Gasteiger partial charge in [-0.3, -0.25) is 9.59 Å². The lowest BCUT2D eigenvalue weighted by atomic mass is 9.97. The number of amides is 2. The molecule has 7 nitrogen and oxygen atoms in total. The second-order valence-electron chi connectivity index (χ2n) is 9.65. The lowest BCUT2D eigenvalue weighted by Gasteiger charge is -2.35. The zero-order valence-electron chi connectivity index (χ0n) is 20.0. The molecule has 2 aromatic carbocycles. The first-order valence-electron chi connectivity index (χ1n) is 12.3. The van der Waals surface area contributed by atoms with Gasteiger partial charge in [-0.05, 0) is 77.9 Å². The largest absolute Gasteiger partial charge is 0.312 e. The number of hydrogen-bond donors (Lipinski definition) is 0. The molecule has 0 bridgehead atoms. The second kappa shape index (κ2) is 9.33. The molecule has 3 aliphatic heterocycles. The molecule has 1 fully saturated rings. The minimum atomic E-state index is -3.86. The van der Waals surface area contributed by atoms with Gasteiger partial charge in [0, 0.05) is 47.9 Å². The van der Waals surface area contributed by atoms with E-state index >= 15 is 0 Å². The van der Waals surface area contributed by atoms with Gasteiger partial charge in [0.15, 0.2) is 0 Å². The molecule has 2 amide bonds. The molecule has 3 heterocycles. The number of piperidine rings is 1. The van der Waals surface area contributed by atoms with Gasteiger partial charge < -0.3 is 9.80 Å². The molecule has 186 valence electrons. The van der Waals surface area contributed by atoms with Crippen molar-refractivity contribution in [1.82, 2.24) is 4.31 Å². The van der Waals surface area contributed by atoms with Crippen molar-refractivity contribution in [3.63, 3.8) is 0 Å². The number of anilines is 2. The first kappa shape index (κ1) is 24.5. The van der Waals surface area contributed by atoms with Crippen molar-refractivity contribution in [2.75, 3.05) is 29.4 Å². The molecule has 0 spiro atoms. The number of hydrogen-bond acceptors (Lipinski definition) is 4. The summed E-state index contributed by atoms with van der Waals surface area (Å²) < 4.78 is 29.5. The molecule has 0 radical (unpaired) electrons. The highest BCUT2D eigenvalue weighted by atomic mass is 79.9. The van der Waals surface area contributed by atoms with E-state index in [0.29, 0.717) is 48.9 Å². The van der Waals surface area contributed by atoms with Crippen LogP contribution in [-0.2, 0) is 32.5 Å². The smallest absolute Gasteiger partial charge is 0.244 e. The normalized spacial score (nSPS) is 22.3. The van der Waals surface area contributed by atoms with Crippen LogP contribution in [0, 0.1) is 5.92 Å². The van der Waals surface area contributed by atoms with Crippen LogP contribution in [0.5, 0.6) is 0 Å². The molecule has 35 heavy (non-hydrogen) atoms. The zero-order chi connectivity index (χ0) is 24.9. The Morgan fingerprint density at radius 2 is 1.86 bits per heavy atom. The Hall–Kier alpha value is -2.23. The number of fused-ring (bicyclic) bond motifs is 2. The fourth-order valence-electron chi connectivity index (χ4n) is 5.64. The Bertz CT molecular complexity index is 1300. The third-order valence-electron chi connectivity index (χ3n) is 7.43. The van der Waals surface area contributed by atoms with Gasteiger partial charge in [-0.1, -0.05) is 25.1 Å². The van der Waals surface area contributed by atoms with Gasteiger partial charge in [-0.25, -0.2) is 8.42 Å². The third-order valence-corrected chi connectivity index (χ3v) is 10.3. The van der Waals surface area contributed by atoms with E-state index in [1.54, 1.807) is 17.9 Å². The summed E-state index contributed by atoms with van der Waals surface area (Å²) in [7, 11) is -3.86. The molecule has 0 unspecified atom stereocenters. The van der Waals surface area contributed by atoms with E-state index in [1.165, 1.54) is 4.31 Å². The van der Waals surface area contributed by atoms with Crippen molar-refractivity contribution in [3.05, 3.63) is 52.0 Å². The van der Waals surface area contributed by atoms with Gasteiger partial charge in [-0.2, -0.15) is 4.31 Å². The predicted molar refractivity (Wildman–Crippen MR) is 139 cm³/mol. The zero-order valence-corrected chi connectivity index (χ0v) is 22.4. The highest BCUT2D eigenvalue weighted by Crippen LogP contribution is 2.39. The van der Waals surface area contributed by atoms with Crippen LogP contribution in [-0.4, -0.2) is 50.2 Å². The van der Waals surface area contributed by atoms with Crippen LogP contribution in [0.3, 0.4) is 0 Å². The van der Waals surface area contributed by atoms with E-state index < -0.39 is 15.9 Å². The molecule has 0 saturated carbocycles. The van der Waals surface area contributed by atoms with E-state index in [1.807, 2.05) is 36.1 Å². The van der Waals surface area contributed by atoms with Crippen molar-refractivity contribution in [1.29, 1.82) is 0 Å². The van der Waals surface area contributed by atoms with Crippen LogP contribution >= 0.6 is 15.9 Å². The number of carbonyl (C=O) groups is 2. The summed E-state index contributed by atoms with van der Waals surface area (Å²) in [6.07, 6.45) is 3.18. The van der Waals surface area contributed by atoms with Crippen LogP contribution < -0.4 is 9.80 Å². The van der Waals surface area contributed by atoms with Gasteiger partial charge in [0.25, 0.3) is 0 Å². The topological polar surface area (TPSA) is 78.0 Å². The number of carbonyl (C=O) groups excluding carboxylic acids is 2. The van der Waals surface area contributed by atoms with E-state index in [4.69, 9.17) is 0 Å². The Kier molecular flexibility index (Phi) is 6.52. The van der Waals surface area contributed by atoms with Gasteiger partial charge in [0.2, 0.25) is 21.8 Å². The van der Waals surface area contributed by atoms with Gasteiger partial charge in [0.05, 0.1) is 10.8 Å². The number of para-hydroxylation sites is 1. The second-order valence-corrected chi connectivity index (χ2v) is 12.4. The summed E-state index contributed by atoms with van der Waals surface area (Å²) in [5.74, 6) is -0.411. The van der Waals surface area contributed by atoms with Crippen molar-refractivity contribution in [2.45, 2.75) is 56.9 Å². The van der Waals surface area contributed by atoms with E-state index in [-0.39, 0.29) is 29.3 Å². The van der Waals surface area contributed by atoms with Crippen LogP contribution in [0.15, 0.2) is 45.8 Å². The SMILES string of the molecule is CCC(=O)N1CCc2cc(Br)c(S(=O)(=O)N3CCC[C@H](C(=O)N4c5ccccc5C[C@H]4C)C3)cc21. The molecule has 0 aromatic heterocycles. The molecule has 9 heteroatoms. The Balaban J connectivity index is 1.41. The minimum absolute atomic E-state index is 0.00455. The molecule has 0 N–H and O–H groups in total. The maximum atomic E-state index is 13.8. The third kappa shape index (κ3) is 4.21. The summed E-state index contributed by atoms with van der Waals surface area (Å²) in [5.41, 5.74) is 3.73. The molecular weight excluding hydrogens is 530 g/mol. The number of rotatable bonds is 4. The number of sulfonamides is 1. The summed E-state index contributed by atoms with van der Waals surface area (Å²) in [6.45, 7) is 4.95. The molecular formula is C26H30BrN3O4S. The predicted octanol–water partition coefficient (Wildman–Crippen LogP) is 4.13. The Labute approximate surface area is 215 Å². The molecule has 5 rings (SSSR count). The Morgan fingerprint density at radius 3 is 2.63 bits per heavy atom. The molecule has 2 atom stereocenters. The first-order valence-corrected chi connectivity index (χ1v) is 14.5. The number of benzene rings is 2. The molecule has 1 saturated heterocycles. The van der Waals surface area contributed by atoms with Gasteiger partial charge in [-0.15, -0.1) is 0 Å². The van der Waals surface area contributed by atoms with E-state index in [0.717, 1.165) is 23.2 Å². The quantitative estimate of drug-likeness (QED) is 0.564. The molecule has 3 aliphatic rings. The van der Waals surface area contributed by atoms with Crippen molar-refractivity contribution >= 4 is 49.1 Å². The molecule has 0 aliphatic carbocycles. The van der Waals surface area contributed by atoms with E-state index in [9.17, 15) is 18.0 Å². The fourth-order valence-corrected chi connectivity index (χ4v) is 8.23. The highest BCUT2D eigenvalue weighted by Gasteiger charge is 2.40. The van der Waals surface area contributed by atoms with Crippen molar-refractivity contribution in [3.8, 4) is 0 Å². The van der Waals surface area contributed by atoms with Crippen LogP contribution in [0.1, 0.15) is 44.2 Å². The van der Waals surface area contributed by atoms with E-state index in [2.05, 4.69) is 22.0 Å².